The Labute approximate surface area is 93.6 Å². The maximum Gasteiger partial charge on any atom is 0.305 e. The highest BCUT2D eigenvalue weighted by Crippen LogP contribution is 2.21. The molecule has 0 aromatic carbocycles. The van der Waals surface area contributed by atoms with Gasteiger partial charge in [0, 0.05) is 18.6 Å². The SMILES string of the molecule is COC(=O)CC/C(O)=C1/C(=N)CCCC1=O. The molecule has 1 saturated carbocycles. The van der Waals surface area contributed by atoms with E-state index in [1.165, 1.54) is 7.11 Å². The Balaban J connectivity index is 2.73. The third-order valence-corrected chi connectivity index (χ3v) is 2.49. The summed E-state index contributed by atoms with van der Waals surface area (Å²) in [6.45, 7) is 0. The summed E-state index contributed by atoms with van der Waals surface area (Å²) in [6, 6.07) is 0. The largest absolute Gasteiger partial charge is 0.511 e. The van der Waals surface area contributed by atoms with Crippen LogP contribution in [0.2, 0.25) is 0 Å². The molecule has 1 rings (SSSR count). The third-order valence-electron chi connectivity index (χ3n) is 2.49. The molecule has 2 N–H and O–H groups in total. The van der Waals surface area contributed by atoms with Crippen molar-refractivity contribution in [2.45, 2.75) is 32.1 Å². The van der Waals surface area contributed by atoms with Gasteiger partial charge >= 0.3 is 5.97 Å². The number of aliphatic hydroxyl groups is 1. The molecule has 0 atom stereocenters. The molecule has 0 heterocycles. The minimum absolute atomic E-state index is 0.0202. The van der Waals surface area contributed by atoms with E-state index in [1.54, 1.807) is 0 Å². The van der Waals surface area contributed by atoms with Crippen molar-refractivity contribution in [3.8, 4) is 0 Å². The zero-order chi connectivity index (χ0) is 12.1. The van der Waals surface area contributed by atoms with Crippen LogP contribution in [0.25, 0.3) is 0 Å². The van der Waals surface area contributed by atoms with Crippen LogP contribution in [0.15, 0.2) is 11.3 Å². The summed E-state index contributed by atoms with van der Waals surface area (Å²) in [4.78, 5) is 22.4. The van der Waals surface area contributed by atoms with Crippen LogP contribution in [0.1, 0.15) is 32.1 Å². The van der Waals surface area contributed by atoms with Gasteiger partial charge in [0.1, 0.15) is 5.76 Å². The Kier molecular flexibility index (Phi) is 4.22. The number of Topliss-reactive ketones (excluding diaryl/α,β-unsaturated/α-hetero) is 1. The summed E-state index contributed by atoms with van der Waals surface area (Å²) < 4.78 is 4.43. The first-order chi connectivity index (χ1) is 7.56. The number of hydrogen-bond acceptors (Lipinski definition) is 5. The molecule has 0 aromatic rings. The second-order valence-corrected chi connectivity index (χ2v) is 3.65. The van der Waals surface area contributed by atoms with E-state index in [-0.39, 0.29) is 35.7 Å². The summed E-state index contributed by atoms with van der Waals surface area (Å²) in [6.07, 6.45) is 1.59. The zero-order valence-electron chi connectivity index (χ0n) is 9.21. The average Bonchev–Trinajstić information content (AvgIpc) is 2.25. The van der Waals surface area contributed by atoms with Gasteiger partial charge in [-0.3, -0.25) is 9.59 Å². The molecular formula is C11H15NO4. The van der Waals surface area contributed by atoms with Crippen molar-refractivity contribution in [3.63, 3.8) is 0 Å². The van der Waals surface area contributed by atoms with Crippen molar-refractivity contribution in [1.29, 1.82) is 5.41 Å². The second-order valence-electron chi connectivity index (χ2n) is 3.65. The molecule has 88 valence electrons. The highest BCUT2D eigenvalue weighted by atomic mass is 16.5. The van der Waals surface area contributed by atoms with Gasteiger partial charge in [0.05, 0.1) is 19.1 Å². The number of rotatable bonds is 3. The van der Waals surface area contributed by atoms with Gasteiger partial charge in [0.15, 0.2) is 5.78 Å². The highest BCUT2D eigenvalue weighted by molar-refractivity contribution is 6.23. The molecule has 0 amide bonds. The molecule has 5 heteroatoms. The number of carbonyl (C=O) groups is 2. The molecule has 1 aliphatic carbocycles. The fourth-order valence-corrected chi connectivity index (χ4v) is 1.63. The quantitative estimate of drug-likeness (QED) is 0.433. The number of aliphatic hydroxyl groups excluding tert-OH is 1. The predicted octanol–water partition coefficient (Wildman–Crippen LogP) is 1.52. The van der Waals surface area contributed by atoms with E-state index < -0.39 is 5.97 Å². The number of ketones is 1. The van der Waals surface area contributed by atoms with E-state index in [1.807, 2.05) is 0 Å². The Morgan fingerprint density at radius 3 is 2.69 bits per heavy atom. The number of carbonyl (C=O) groups excluding carboxylic acids is 2. The highest BCUT2D eigenvalue weighted by Gasteiger charge is 2.24. The number of esters is 1. The van der Waals surface area contributed by atoms with Gasteiger partial charge in [-0.1, -0.05) is 0 Å². The van der Waals surface area contributed by atoms with E-state index in [4.69, 9.17) is 5.41 Å². The van der Waals surface area contributed by atoms with E-state index in [2.05, 4.69) is 4.74 Å². The average molecular weight is 225 g/mol. The van der Waals surface area contributed by atoms with E-state index in [0.717, 1.165) is 0 Å². The Bertz CT molecular complexity index is 339. The molecule has 0 bridgehead atoms. The van der Waals surface area contributed by atoms with Gasteiger partial charge in [-0.05, 0) is 12.8 Å². The number of hydrogen-bond donors (Lipinski definition) is 2. The first-order valence-electron chi connectivity index (χ1n) is 5.16. The lowest BCUT2D eigenvalue weighted by Crippen LogP contribution is -2.20. The van der Waals surface area contributed by atoms with E-state index in [9.17, 15) is 14.7 Å². The molecule has 1 aliphatic rings. The van der Waals surface area contributed by atoms with Crippen LogP contribution in [-0.2, 0) is 14.3 Å². The lowest BCUT2D eigenvalue weighted by atomic mass is 9.90. The molecule has 0 aliphatic heterocycles. The standard InChI is InChI=1S/C11H15NO4/c1-16-10(15)6-5-9(14)11-7(12)3-2-4-8(11)13/h12,14H,2-6H2,1H3/b11-9+,12-7?. The molecule has 0 unspecified atom stereocenters. The Morgan fingerprint density at radius 1 is 1.44 bits per heavy atom. The van der Waals surface area contributed by atoms with Crippen molar-refractivity contribution in [2.75, 3.05) is 7.11 Å². The topological polar surface area (TPSA) is 87.4 Å². The Morgan fingerprint density at radius 2 is 2.12 bits per heavy atom. The van der Waals surface area contributed by atoms with Gasteiger partial charge in [-0.15, -0.1) is 0 Å². The van der Waals surface area contributed by atoms with Crippen LogP contribution in [0.4, 0.5) is 0 Å². The molecule has 0 radical (unpaired) electrons. The number of methoxy groups -OCH3 is 1. The molecule has 1 fully saturated rings. The van der Waals surface area contributed by atoms with Crippen molar-refractivity contribution >= 4 is 17.5 Å². The third kappa shape index (κ3) is 2.92. The summed E-state index contributed by atoms with van der Waals surface area (Å²) in [5, 5.41) is 17.3. The van der Waals surface area contributed by atoms with Gasteiger partial charge in [0.2, 0.25) is 0 Å². The maximum atomic E-state index is 11.5. The van der Waals surface area contributed by atoms with E-state index in [0.29, 0.717) is 19.3 Å². The van der Waals surface area contributed by atoms with Crippen LogP contribution in [0.3, 0.4) is 0 Å². The molecule has 5 nitrogen and oxygen atoms in total. The maximum absolute atomic E-state index is 11.5. The normalized spacial score (nSPS) is 19.6. The van der Waals surface area contributed by atoms with Crippen molar-refractivity contribution in [3.05, 3.63) is 11.3 Å². The summed E-state index contributed by atoms with van der Waals surface area (Å²) in [7, 11) is 1.26. The Hall–Kier alpha value is -1.65. The van der Waals surface area contributed by atoms with Crippen LogP contribution in [-0.4, -0.2) is 29.7 Å². The molecule has 0 aromatic heterocycles. The van der Waals surface area contributed by atoms with Gasteiger partial charge in [0.25, 0.3) is 0 Å². The minimum Gasteiger partial charge on any atom is -0.511 e. The van der Waals surface area contributed by atoms with Crippen LogP contribution in [0, 0.1) is 5.41 Å². The van der Waals surface area contributed by atoms with Crippen molar-refractivity contribution < 1.29 is 19.4 Å². The van der Waals surface area contributed by atoms with Crippen molar-refractivity contribution in [1.82, 2.24) is 0 Å². The number of nitrogens with one attached hydrogen (secondary N) is 1. The smallest absolute Gasteiger partial charge is 0.305 e. The van der Waals surface area contributed by atoms with E-state index >= 15 is 0 Å². The zero-order valence-corrected chi connectivity index (χ0v) is 9.21. The van der Waals surface area contributed by atoms with Gasteiger partial charge in [-0.2, -0.15) is 0 Å². The molecular weight excluding hydrogens is 210 g/mol. The fraction of sp³-hybridized carbons (Fsp3) is 0.545. The molecule has 0 spiro atoms. The lowest BCUT2D eigenvalue weighted by Gasteiger charge is -2.15. The van der Waals surface area contributed by atoms with Gasteiger partial charge < -0.3 is 15.3 Å². The summed E-state index contributed by atoms with van der Waals surface area (Å²) >= 11 is 0. The number of allylic oxidation sites excluding steroid dienone is 2. The van der Waals surface area contributed by atoms with Gasteiger partial charge in [-0.25, -0.2) is 0 Å². The van der Waals surface area contributed by atoms with Crippen LogP contribution in [0.5, 0.6) is 0 Å². The molecule has 16 heavy (non-hydrogen) atoms. The first-order valence-corrected chi connectivity index (χ1v) is 5.16. The predicted molar refractivity (Wildman–Crippen MR) is 57.5 cm³/mol. The fourth-order valence-electron chi connectivity index (χ4n) is 1.63. The minimum atomic E-state index is -0.443. The molecule has 0 saturated heterocycles. The number of ether oxygens (including phenoxy) is 1. The monoisotopic (exact) mass is 225 g/mol. The van der Waals surface area contributed by atoms with Crippen LogP contribution >= 0.6 is 0 Å². The lowest BCUT2D eigenvalue weighted by molar-refractivity contribution is -0.140. The summed E-state index contributed by atoms with van der Waals surface area (Å²) in [5.41, 5.74) is 0.258. The first kappa shape index (κ1) is 12.4. The second kappa shape index (κ2) is 5.44. The summed E-state index contributed by atoms with van der Waals surface area (Å²) in [5.74, 6) is -0.819. The van der Waals surface area contributed by atoms with Crippen molar-refractivity contribution in [2.24, 2.45) is 0 Å². The van der Waals surface area contributed by atoms with Crippen LogP contribution < -0.4 is 0 Å².